The Hall–Kier alpha value is -3.35. The Morgan fingerprint density at radius 3 is 2.46 bits per heavy atom. The van der Waals surface area contributed by atoms with E-state index < -0.39 is 76.4 Å². The number of hydrogen-bond acceptors (Lipinski definition) is 4. The number of aromatic amines is 1. The van der Waals surface area contributed by atoms with E-state index in [0.29, 0.717) is 4.57 Å². The molecule has 0 spiro atoms. The van der Waals surface area contributed by atoms with Crippen LogP contribution in [0, 0.1) is 17.6 Å². The first-order valence-corrected chi connectivity index (χ1v) is 11.0. The molecule has 0 radical (unpaired) electrons. The van der Waals surface area contributed by atoms with E-state index >= 15 is 0 Å². The molecule has 0 saturated carbocycles. The van der Waals surface area contributed by atoms with Gasteiger partial charge in [0.15, 0.2) is 22.6 Å². The van der Waals surface area contributed by atoms with Crippen molar-refractivity contribution in [2.24, 2.45) is 5.92 Å². The van der Waals surface area contributed by atoms with Crippen molar-refractivity contribution in [2.75, 3.05) is 7.11 Å². The number of ether oxygens (including phenoxy) is 2. The summed E-state index contributed by atoms with van der Waals surface area (Å²) in [7, 11) is 1.03. The molecular weight excluding hydrogens is 513 g/mol. The maximum absolute atomic E-state index is 14.5. The Bertz CT molecular complexity index is 1470. The van der Waals surface area contributed by atoms with Crippen LogP contribution in [0.4, 0.5) is 30.7 Å². The molecule has 1 aliphatic heterocycles. The molecule has 1 saturated heterocycles. The number of nitrogens with zero attached hydrogens (tertiary/aromatic N) is 1. The van der Waals surface area contributed by atoms with Crippen LogP contribution in [-0.4, -0.2) is 34.9 Å². The third kappa shape index (κ3) is 4.28. The van der Waals surface area contributed by atoms with Gasteiger partial charge in [0, 0.05) is 35.4 Å². The first kappa shape index (κ1) is 26.7. The molecule has 0 amide bonds. The maximum Gasteiger partial charge on any atom is 0.417 e. The van der Waals surface area contributed by atoms with Gasteiger partial charge in [-0.1, -0.05) is 13.0 Å². The molecule has 0 unspecified atom stereocenters. The fourth-order valence-corrected chi connectivity index (χ4v) is 4.85. The molecule has 2 aromatic heterocycles. The van der Waals surface area contributed by atoms with Crippen molar-refractivity contribution in [3.63, 3.8) is 0 Å². The first-order chi connectivity index (χ1) is 17.2. The molecule has 0 bridgehead atoms. The van der Waals surface area contributed by atoms with Crippen molar-refractivity contribution in [1.82, 2.24) is 9.55 Å². The quantitative estimate of drug-likeness (QED) is 0.465. The molecular formula is C24H21F7N2O4. The standard InChI is InChI=1S/C24H21F7N2O4/c1-10-17(11-4-5-12(25)19(28)20(11)36-3)21(37-23(10,2)24(29,30)31)14-8-15(34)18-13(32-14)6-7-33(22(18)35)9-16(26)27/h4-8,10,16-17,21H,9H2,1-3H3,(H,32,34)/t10-,17-,21-,23+/m0/s1. The Morgan fingerprint density at radius 1 is 1.19 bits per heavy atom. The molecule has 3 heterocycles. The molecule has 3 aromatic rings. The second-order valence-electron chi connectivity index (χ2n) is 8.98. The third-order valence-electron chi connectivity index (χ3n) is 6.93. The van der Waals surface area contributed by atoms with Crippen LogP contribution in [0.15, 0.2) is 40.1 Å². The van der Waals surface area contributed by atoms with Crippen LogP contribution in [0.5, 0.6) is 5.75 Å². The molecule has 1 aromatic carbocycles. The Morgan fingerprint density at radius 2 is 1.86 bits per heavy atom. The van der Waals surface area contributed by atoms with Gasteiger partial charge in [0.2, 0.25) is 5.82 Å². The summed E-state index contributed by atoms with van der Waals surface area (Å²) in [5, 5.41) is -0.474. The average molecular weight is 534 g/mol. The average Bonchev–Trinajstić information content (AvgIpc) is 3.08. The van der Waals surface area contributed by atoms with Gasteiger partial charge in [0.05, 0.1) is 19.2 Å². The topological polar surface area (TPSA) is 73.3 Å². The van der Waals surface area contributed by atoms with Crippen LogP contribution in [-0.2, 0) is 11.3 Å². The molecule has 1 aliphatic rings. The second kappa shape index (κ2) is 9.19. The minimum Gasteiger partial charge on any atom is -0.493 e. The number of methoxy groups -OCH3 is 1. The summed E-state index contributed by atoms with van der Waals surface area (Å²) in [5.74, 6) is -5.96. The smallest absolute Gasteiger partial charge is 0.417 e. The molecule has 1 N–H and O–H groups in total. The summed E-state index contributed by atoms with van der Waals surface area (Å²) in [5.41, 5.74) is -5.15. The van der Waals surface area contributed by atoms with Crippen molar-refractivity contribution in [1.29, 1.82) is 0 Å². The number of halogens is 7. The Labute approximate surface area is 204 Å². The lowest BCUT2D eigenvalue weighted by Gasteiger charge is -2.32. The van der Waals surface area contributed by atoms with E-state index in [-0.39, 0.29) is 16.8 Å². The lowest BCUT2D eigenvalue weighted by molar-refractivity contribution is -0.275. The number of alkyl halides is 5. The van der Waals surface area contributed by atoms with Crippen LogP contribution in [0.3, 0.4) is 0 Å². The van der Waals surface area contributed by atoms with Crippen LogP contribution in [0.1, 0.15) is 37.1 Å². The number of pyridine rings is 2. The lowest BCUT2D eigenvalue weighted by Crippen LogP contribution is -2.46. The number of hydrogen-bond donors (Lipinski definition) is 1. The van der Waals surface area contributed by atoms with Crippen molar-refractivity contribution >= 4 is 10.9 Å². The summed E-state index contributed by atoms with van der Waals surface area (Å²) >= 11 is 0. The monoisotopic (exact) mass is 534 g/mol. The van der Waals surface area contributed by atoms with Gasteiger partial charge in [-0.05, 0) is 19.1 Å². The van der Waals surface area contributed by atoms with Gasteiger partial charge >= 0.3 is 6.18 Å². The maximum atomic E-state index is 14.5. The van der Waals surface area contributed by atoms with Crippen molar-refractivity contribution in [2.45, 2.75) is 50.6 Å². The van der Waals surface area contributed by atoms with Crippen molar-refractivity contribution in [3.05, 3.63) is 73.9 Å². The Kier molecular flexibility index (Phi) is 6.63. The highest BCUT2D eigenvalue weighted by atomic mass is 19.4. The zero-order valence-electron chi connectivity index (χ0n) is 19.6. The van der Waals surface area contributed by atoms with E-state index in [2.05, 4.69) is 4.98 Å². The number of benzene rings is 1. The van der Waals surface area contributed by atoms with Crippen LogP contribution < -0.4 is 15.7 Å². The largest absolute Gasteiger partial charge is 0.493 e. The summed E-state index contributed by atoms with van der Waals surface area (Å²) in [6, 6.07) is 3.83. The van der Waals surface area contributed by atoms with Crippen molar-refractivity contribution in [3.8, 4) is 5.75 Å². The third-order valence-corrected chi connectivity index (χ3v) is 6.93. The highest BCUT2D eigenvalue weighted by Crippen LogP contribution is 2.59. The van der Waals surface area contributed by atoms with E-state index in [1.165, 1.54) is 13.0 Å². The molecule has 0 aliphatic carbocycles. The van der Waals surface area contributed by atoms with Crippen molar-refractivity contribution < 1.29 is 40.2 Å². The summed E-state index contributed by atoms with van der Waals surface area (Å²) < 4.78 is 108. The molecule has 200 valence electrons. The summed E-state index contributed by atoms with van der Waals surface area (Å²) in [6.07, 6.45) is -8.29. The number of fused-ring (bicyclic) bond motifs is 1. The van der Waals surface area contributed by atoms with Gasteiger partial charge < -0.3 is 19.0 Å². The summed E-state index contributed by atoms with van der Waals surface area (Å²) in [6.45, 7) is 1.07. The Balaban J connectivity index is 1.94. The van der Waals surface area contributed by atoms with Crippen LogP contribution >= 0.6 is 0 Å². The minimum atomic E-state index is -4.90. The van der Waals surface area contributed by atoms with Crippen LogP contribution in [0.2, 0.25) is 0 Å². The zero-order chi connectivity index (χ0) is 27.4. The van der Waals surface area contributed by atoms with Gasteiger partial charge in [0.1, 0.15) is 11.5 Å². The van der Waals surface area contributed by atoms with Gasteiger partial charge in [0.25, 0.3) is 12.0 Å². The highest BCUT2D eigenvalue weighted by molar-refractivity contribution is 5.77. The van der Waals surface area contributed by atoms with E-state index in [9.17, 15) is 40.3 Å². The van der Waals surface area contributed by atoms with Crippen LogP contribution in [0.25, 0.3) is 10.9 Å². The predicted molar refractivity (Wildman–Crippen MR) is 118 cm³/mol. The lowest BCUT2D eigenvalue weighted by atomic mass is 9.76. The van der Waals surface area contributed by atoms with Gasteiger partial charge in [-0.3, -0.25) is 9.59 Å². The first-order valence-electron chi connectivity index (χ1n) is 11.0. The van der Waals surface area contributed by atoms with Gasteiger partial charge in [-0.25, -0.2) is 13.2 Å². The molecule has 1 fully saturated rings. The zero-order valence-corrected chi connectivity index (χ0v) is 19.6. The van der Waals surface area contributed by atoms with Gasteiger partial charge in [-0.2, -0.15) is 17.6 Å². The van der Waals surface area contributed by atoms with E-state index in [4.69, 9.17) is 9.47 Å². The molecule has 6 nitrogen and oxygen atoms in total. The number of H-pyrrole nitrogens is 1. The molecule has 13 heteroatoms. The number of rotatable bonds is 5. The highest BCUT2D eigenvalue weighted by Gasteiger charge is 2.65. The fourth-order valence-electron chi connectivity index (χ4n) is 4.85. The van der Waals surface area contributed by atoms with E-state index in [0.717, 1.165) is 38.4 Å². The normalized spacial score (nSPS) is 24.2. The molecule has 4 atom stereocenters. The SMILES string of the molecule is COc1c([C@H]2[C@H](c3cc(=O)c4c(=O)n(CC(F)F)ccc4[nH]3)O[C@@](C)(C(F)(F)F)[C@H]2C)ccc(F)c1F. The minimum absolute atomic E-state index is 0.120. The van der Waals surface area contributed by atoms with E-state index in [1.807, 2.05) is 0 Å². The number of aromatic nitrogens is 2. The second-order valence-corrected chi connectivity index (χ2v) is 8.98. The van der Waals surface area contributed by atoms with Gasteiger partial charge in [-0.15, -0.1) is 0 Å². The summed E-state index contributed by atoms with van der Waals surface area (Å²) in [4.78, 5) is 28.2. The van der Waals surface area contributed by atoms with E-state index in [1.54, 1.807) is 0 Å². The number of nitrogens with one attached hydrogen (secondary N) is 1. The predicted octanol–water partition coefficient (Wildman–Crippen LogP) is 5.05. The molecule has 4 rings (SSSR count). The fraction of sp³-hybridized carbons (Fsp3) is 0.417. The molecule has 37 heavy (non-hydrogen) atoms.